The maximum absolute atomic E-state index is 10.5. The van der Waals surface area contributed by atoms with Crippen molar-refractivity contribution in [1.29, 1.82) is 0 Å². The van der Waals surface area contributed by atoms with Gasteiger partial charge >= 0.3 is 5.97 Å². The maximum atomic E-state index is 10.5. The molecule has 1 aliphatic rings. The summed E-state index contributed by atoms with van der Waals surface area (Å²) < 4.78 is 0. The predicted molar refractivity (Wildman–Crippen MR) is 101 cm³/mol. The summed E-state index contributed by atoms with van der Waals surface area (Å²) in [4.78, 5) is 10.5. The smallest absolute Gasteiger partial charge is 0.303 e. The fraction of sp³-hybridized carbons (Fsp3) is 0.762. The molecule has 0 aromatic carbocycles. The average molecular weight is 353 g/mol. The van der Waals surface area contributed by atoms with E-state index in [9.17, 15) is 15.0 Å². The maximum Gasteiger partial charge on any atom is 0.303 e. The van der Waals surface area contributed by atoms with E-state index >= 15 is 0 Å². The molecule has 3 N–H and O–H groups in total. The molecule has 4 nitrogen and oxygen atoms in total. The van der Waals surface area contributed by atoms with Crippen LogP contribution in [0.2, 0.25) is 0 Å². The Morgan fingerprint density at radius 2 is 1.92 bits per heavy atom. The van der Waals surface area contributed by atoms with Crippen LogP contribution in [0.5, 0.6) is 0 Å². The van der Waals surface area contributed by atoms with E-state index in [0.29, 0.717) is 12.3 Å². The minimum absolute atomic E-state index is 0.150. The third-order valence-electron chi connectivity index (χ3n) is 5.12. The first kappa shape index (κ1) is 21.9. The van der Waals surface area contributed by atoms with Gasteiger partial charge in [-0.2, -0.15) is 0 Å². The third-order valence-corrected chi connectivity index (χ3v) is 5.12. The fourth-order valence-electron chi connectivity index (χ4n) is 3.55. The zero-order valence-corrected chi connectivity index (χ0v) is 15.6. The zero-order chi connectivity index (χ0) is 18.5. The normalized spacial score (nSPS) is 25.2. The molecule has 0 saturated heterocycles. The van der Waals surface area contributed by atoms with Crippen LogP contribution in [-0.4, -0.2) is 33.5 Å². The van der Waals surface area contributed by atoms with Crippen LogP contribution in [0.15, 0.2) is 24.3 Å². The number of aliphatic hydroxyl groups excluding tert-OH is 2. The van der Waals surface area contributed by atoms with Gasteiger partial charge in [-0.3, -0.25) is 4.79 Å². The molecule has 0 heterocycles. The molecule has 0 aliphatic heterocycles. The van der Waals surface area contributed by atoms with Gasteiger partial charge in [0.15, 0.2) is 0 Å². The highest BCUT2D eigenvalue weighted by atomic mass is 16.4. The van der Waals surface area contributed by atoms with Gasteiger partial charge in [0, 0.05) is 6.42 Å². The Morgan fingerprint density at radius 1 is 1.16 bits per heavy atom. The van der Waals surface area contributed by atoms with Crippen LogP contribution >= 0.6 is 0 Å². The van der Waals surface area contributed by atoms with E-state index in [1.54, 1.807) is 0 Å². The molecule has 144 valence electrons. The predicted octanol–water partition coefficient (Wildman–Crippen LogP) is 4.46. The molecule has 4 unspecified atom stereocenters. The molecule has 0 amide bonds. The molecule has 0 bridgehead atoms. The van der Waals surface area contributed by atoms with Crippen molar-refractivity contribution in [3.05, 3.63) is 24.3 Å². The van der Waals surface area contributed by atoms with Crippen LogP contribution in [-0.2, 0) is 4.79 Å². The SMILES string of the molecule is CCCCCCCC(O)C=CC1CCC(O)C1CC=CCCC(=O)O. The van der Waals surface area contributed by atoms with Gasteiger partial charge in [-0.05, 0) is 43.9 Å². The summed E-state index contributed by atoms with van der Waals surface area (Å²) >= 11 is 0. The number of carboxylic acid groups (broad SMARTS) is 1. The lowest BCUT2D eigenvalue weighted by Crippen LogP contribution is -2.17. The molecule has 0 aromatic heterocycles. The van der Waals surface area contributed by atoms with Gasteiger partial charge in [0.1, 0.15) is 0 Å². The standard InChI is InChI=1S/C21H36O4/c1-2-3-4-5-7-10-18(22)15-13-17-14-16-20(23)19(17)11-8-6-9-12-21(24)25/h6,8,13,15,17-20,22-23H,2-5,7,9-12,14,16H2,1H3,(H,24,25). The molecule has 0 spiro atoms. The highest BCUT2D eigenvalue weighted by Crippen LogP contribution is 2.36. The van der Waals surface area contributed by atoms with Crippen LogP contribution in [0, 0.1) is 11.8 Å². The van der Waals surface area contributed by atoms with Crippen LogP contribution in [0.1, 0.15) is 77.6 Å². The van der Waals surface area contributed by atoms with Gasteiger partial charge in [0.25, 0.3) is 0 Å². The Bertz CT molecular complexity index is 416. The Labute approximate surface area is 152 Å². The van der Waals surface area contributed by atoms with E-state index < -0.39 is 5.97 Å². The lowest BCUT2D eigenvalue weighted by atomic mass is 9.90. The number of carbonyl (C=O) groups is 1. The van der Waals surface area contributed by atoms with Crippen LogP contribution in [0.4, 0.5) is 0 Å². The number of aliphatic hydroxyl groups is 2. The monoisotopic (exact) mass is 352 g/mol. The summed E-state index contributed by atoms with van der Waals surface area (Å²) in [6.45, 7) is 2.20. The van der Waals surface area contributed by atoms with E-state index in [0.717, 1.165) is 32.1 Å². The summed E-state index contributed by atoms with van der Waals surface area (Å²) in [6, 6.07) is 0. The Morgan fingerprint density at radius 3 is 2.64 bits per heavy atom. The summed E-state index contributed by atoms with van der Waals surface area (Å²) in [5.74, 6) is -0.307. The van der Waals surface area contributed by atoms with Crippen molar-refractivity contribution in [2.24, 2.45) is 11.8 Å². The topological polar surface area (TPSA) is 77.8 Å². The first-order valence-electron chi connectivity index (χ1n) is 9.95. The molecule has 1 fully saturated rings. The number of carboxylic acids is 1. The lowest BCUT2D eigenvalue weighted by molar-refractivity contribution is -0.136. The molecule has 1 saturated carbocycles. The quantitative estimate of drug-likeness (QED) is 0.338. The van der Waals surface area contributed by atoms with Crippen molar-refractivity contribution in [3.8, 4) is 0 Å². The Kier molecular flexibility index (Phi) is 11.5. The van der Waals surface area contributed by atoms with E-state index in [4.69, 9.17) is 5.11 Å². The van der Waals surface area contributed by atoms with Crippen molar-refractivity contribution >= 4 is 5.97 Å². The van der Waals surface area contributed by atoms with Gasteiger partial charge in [0.05, 0.1) is 12.2 Å². The average Bonchev–Trinajstić information content (AvgIpc) is 2.92. The summed E-state index contributed by atoms with van der Waals surface area (Å²) in [7, 11) is 0. The van der Waals surface area contributed by atoms with Crippen molar-refractivity contribution in [2.75, 3.05) is 0 Å². The van der Waals surface area contributed by atoms with Gasteiger partial charge in [-0.25, -0.2) is 0 Å². The number of aliphatic carboxylic acids is 1. The largest absolute Gasteiger partial charge is 0.481 e. The Balaban J connectivity index is 2.32. The lowest BCUT2D eigenvalue weighted by Gasteiger charge is -2.18. The Hall–Kier alpha value is -1.13. The third kappa shape index (κ3) is 9.81. The first-order chi connectivity index (χ1) is 12.0. The van der Waals surface area contributed by atoms with Crippen molar-refractivity contribution in [1.82, 2.24) is 0 Å². The van der Waals surface area contributed by atoms with Crippen molar-refractivity contribution in [3.63, 3.8) is 0 Å². The fourth-order valence-corrected chi connectivity index (χ4v) is 3.55. The summed E-state index contributed by atoms with van der Waals surface area (Å²) in [5.41, 5.74) is 0. The zero-order valence-electron chi connectivity index (χ0n) is 15.6. The number of rotatable bonds is 13. The second kappa shape index (κ2) is 13.1. The first-order valence-corrected chi connectivity index (χ1v) is 9.95. The molecule has 0 radical (unpaired) electrons. The van der Waals surface area contributed by atoms with Crippen LogP contribution in [0.25, 0.3) is 0 Å². The minimum atomic E-state index is -0.782. The molecule has 1 rings (SSSR count). The van der Waals surface area contributed by atoms with Gasteiger partial charge in [-0.15, -0.1) is 0 Å². The van der Waals surface area contributed by atoms with Crippen molar-refractivity contribution in [2.45, 2.75) is 89.8 Å². The summed E-state index contributed by atoms with van der Waals surface area (Å²) in [5, 5.41) is 28.9. The number of hydrogen-bond donors (Lipinski definition) is 3. The molecular weight excluding hydrogens is 316 g/mol. The van der Waals surface area contributed by atoms with Gasteiger partial charge < -0.3 is 15.3 Å². The molecular formula is C21H36O4. The second-order valence-corrected chi connectivity index (χ2v) is 7.27. The second-order valence-electron chi connectivity index (χ2n) is 7.27. The van der Waals surface area contributed by atoms with Gasteiger partial charge in [0.2, 0.25) is 0 Å². The van der Waals surface area contributed by atoms with Crippen LogP contribution < -0.4 is 0 Å². The number of hydrogen-bond acceptors (Lipinski definition) is 3. The number of allylic oxidation sites excluding steroid dienone is 3. The number of unbranched alkanes of at least 4 members (excludes halogenated alkanes) is 4. The summed E-state index contributed by atoms with van der Waals surface area (Å²) in [6.07, 6.45) is 17.2. The van der Waals surface area contributed by atoms with Crippen LogP contribution in [0.3, 0.4) is 0 Å². The minimum Gasteiger partial charge on any atom is -0.481 e. The van der Waals surface area contributed by atoms with E-state index in [-0.39, 0.29) is 24.5 Å². The molecule has 0 aromatic rings. The van der Waals surface area contributed by atoms with Gasteiger partial charge in [-0.1, -0.05) is 63.3 Å². The molecule has 4 atom stereocenters. The van der Waals surface area contributed by atoms with E-state index in [1.807, 2.05) is 18.2 Å². The highest BCUT2D eigenvalue weighted by molar-refractivity contribution is 5.66. The van der Waals surface area contributed by atoms with E-state index in [1.165, 1.54) is 25.7 Å². The molecule has 25 heavy (non-hydrogen) atoms. The van der Waals surface area contributed by atoms with Crippen molar-refractivity contribution < 1.29 is 20.1 Å². The molecule has 1 aliphatic carbocycles. The van der Waals surface area contributed by atoms with E-state index in [2.05, 4.69) is 13.0 Å². The highest BCUT2D eigenvalue weighted by Gasteiger charge is 2.32. The molecule has 4 heteroatoms.